The minimum absolute atomic E-state index is 0.109. The third-order valence-corrected chi connectivity index (χ3v) is 3.26. The van der Waals surface area contributed by atoms with Gasteiger partial charge in [-0.15, -0.1) is 0 Å². The Morgan fingerprint density at radius 3 is 2.10 bits per heavy atom. The van der Waals surface area contributed by atoms with Crippen LogP contribution in [0.2, 0.25) is 0 Å². The maximum Gasteiger partial charge on any atom is 0.193 e. The fourth-order valence-electron chi connectivity index (χ4n) is 2.09. The van der Waals surface area contributed by atoms with Crippen LogP contribution in [0.15, 0.2) is 49.0 Å². The van der Waals surface area contributed by atoms with Crippen LogP contribution in [0.1, 0.15) is 21.5 Å². The van der Waals surface area contributed by atoms with E-state index in [4.69, 9.17) is 9.47 Å². The smallest absolute Gasteiger partial charge is 0.193 e. The van der Waals surface area contributed by atoms with E-state index >= 15 is 0 Å². The molecule has 0 radical (unpaired) electrons. The number of rotatable bonds is 5. The van der Waals surface area contributed by atoms with Gasteiger partial charge in [0, 0.05) is 11.1 Å². The molecule has 0 amide bonds. The van der Waals surface area contributed by atoms with Crippen molar-refractivity contribution in [1.82, 2.24) is 0 Å². The van der Waals surface area contributed by atoms with Crippen molar-refractivity contribution >= 4 is 11.4 Å². The fraction of sp³-hybridized carbons (Fsp3) is 0.167. The lowest BCUT2D eigenvalue weighted by molar-refractivity contribution is 0.105. The first-order chi connectivity index (χ1) is 10.0. The zero-order valence-corrected chi connectivity index (χ0v) is 12.5. The van der Waals surface area contributed by atoms with Gasteiger partial charge in [0.25, 0.3) is 0 Å². The average molecular weight is 282 g/mol. The zero-order valence-electron chi connectivity index (χ0n) is 12.5. The third-order valence-electron chi connectivity index (χ3n) is 3.26. The summed E-state index contributed by atoms with van der Waals surface area (Å²) in [6, 6.07) is 12.7. The molecule has 2 rings (SSSR count). The summed E-state index contributed by atoms with van der Waals surface area (Å²) in [5.41, 5.74) is 2.78. The first-order valence-electron chi connectivity index (χ1n) is 6.59. The van der Waals surface area contributed by atoms with Crippen molar-refractivity contribution in [2.24, 2.45) is 0 Å². The topological polar surface area (TPSA) is 35.5 Å². The lowest BCUT2D eigenvalue weighted by Crippen LogP contribution is -2.03. The van der Waals surface area contributed by atoms with Gasteiger partial charge < -0.3 is 9.47 Å². The molecule has 21 heavy (non-hydrogen) atoms. The lowest BCUT2D eigenvalue weighted by Gasteiger charge is -2.09. The Hall–Kier alpha value is -2.55. The van der Waals surface area contributed by atoms with Gasteiger partial charge in [0.15, 0.2) is 5.78 Å². The van der Waals surface area contributed by atoms with E-state index in [9.17, 15) is 4.79 Å². The summed E-state index contributed by atoms with van der Waals surface area (Å²) in [5.74, 6) is 1.30. The Balaban J connectivity index is 2.30. The highest BCUT2D eigenvalue weighted by Gasteiger charge is 2.14. The van der Waals surface area contributed by atoms with Gasteiger partial charge in [-0.05, 0) is 48.4 Å². The van der Waals surface area contributed by atoms with E-state index in [1.165, 1.54) is 0 Å². The van der Waals surface area contributed by atoms with Crippen molar-refractivity contribution in [3.05, 3.63) is 65.7 Å². The summed E-state index contributed by atoms with van der Waals surface area (Å²) >= 11 is 0. The van der Waals surface area contributed by atoms with E-state index in [0.29, 0.717) is 16.9 Å². The van der Waals surface area contributed by atoms with E-state index < -0.39 is 0 Å². The predicted molar refractivity (Wildman–Crippen MR) is 84.1 cm³/mol. The molecule has 0 fully saturated rings. The van der Waals surface area contributed by atoms with Crippen LogP contribution in [0.25, 0.3) is 5.57 Å². The molecule has 0 N–H and O–H groups in total. The number of hydrogen-bond donors (Lipinski definition) is 0. The normalized spacial score (nSPS) is 10.0. The molecule has 0 aromatic heterocycles. The number of ketones is 1. The Morgan fingerprint density at radius 2 is 1.52 bits per heavy atom. The highest BCUT2D eigenvalue weighted by Crippen LogP contribution is 2.24. The van der Waals surface area contributed by atoms with Crippen LogP contribution in [0.5, 0.6) is 11.5 Å². The summed E-state index contributed by atoms with van der Waals surface area (Å²) < 4.78 is 10.3. The Morgan fingerprint density at radius 1 is 0.905 bits per heavy atom. The predicted octanol–water partition coefficient (Wildman–Crippen LogP) is 3.91. The minimum Gasteiger partial charge on any atom is -0.497 e. The molecule has 108 valence electrons. The van der Waals surface area contributed by atoms with Crippen LogP contribution in [0, 0.1) is 6.92 Å². The number of ether oxygens (including phenoxy) is 2. The van der Waals surface area contributed by atoms with E-state index in [2.05, 4.69) is 6.58 Å². The second kappa shape index (κ2) is 6.27. The van der Waals surface area contributed by atoms with Gasteiger partial charge in [0.1, 0.15) is 11.5 Å². The van der Waals surface area contributed by atoms with Gasteiger partial charge in [-0.2, -0.15) is 0 Å². The molecule has 3 nitrogen and oxygen atoms in total. The quantitative estimate of drug-likeness (QED) is 0.616. The largest absolute Gasteiger partial charge is 0.497 e. The number of Topliss-reactive ketones (excluding diaryl/α,β-unsaturated/α-hetero) is 1. The Kier molecular flexibility index (Phi) is 4.43. The molecule has 0 aliphatic rings. The highest BCUT2D eigenvalue weighted by atomic mass is 16.5. The molecular formula is C18H18O3. The van der Waals surface area contributed by atoms with Crippen LogP contribution in [0.4, 0.5) is 0 Å². The van der Waals surface area contributed by atoms with Crippen molar-refractivity contribution in [1.29, 1.82) is 0 Å². The number of carbonyl (C=O) groups excluding carboxylic acids is 1. The lowest BCUT2D eigenvalue weighted by atomic mass is 9.97. The summed E-state index contributed by atoms with van der Waals surface area (Å²) in [5, 5.41) is 0. The second-order valence-electron chi connectivity index (χ2n) is 4.78. The minimum atomic E-state index is -0.109. The summed E-state index contributed by atoms with van der Waals surface area (Å²) in [6.45, 7) is 5.84. The SMILES string of the molecule is C=C(C(=O)c1cc(C)cc(OC)c1)c1ccc(OC)cc1. The first kappa shape index (κ1) is 14.9. The van der Waals surface area contributed by atoms with Crippen LogP contribution in [-0.2, 0) is 0 Å². The van der Waals surface area contributed by atoms with Crippen LogP contribution in [-0.4, -0.2) is 20.0 Å². The van der Waals surface area contributed by atoms with Crippen molar-refractivity contribution in [3.8, 4) is 11.5 Å². The van der Waals surface area contributed by atoms with Crippen LogP contribution < -0.4 is 9.47 Å². The summed E-state index contributed by atoms with van der Waals surface area (Å²) in [4.78, 5) is 12.5. The fourth-order valence-corrected chi connectivity index (χ4v) is 2.09. The number of allylic oxidation sites excluding steroid dienone is 1. The number of carbonyl (C=O) groups is 1. The van der Waals surface area contributed by atoms with Crippen molar-refractivity contribution in [2.75, 3.05) is 14.2 Å². The molecule has 0 unspecified atom stereocenters. The van der Waals surface area contributed by atoms with Crippen molar-refractivity contribution in [3.63, 3.8) is 0 Å². The van der Waals surface area contributed by atoms with Gasteiger partial charge in [-0.25, -0.2) is 0 Å². The number of methoxy groups -OCH3 is 2. The van der Waals surface area contributed by atoms with Crippen molar-refractivity contribution < 1.29 is 14.3 Å². The van der Waals surface area contributed by atoms with Gasteiger partial charge in [0.2, 0.25) is 0 Å². The molecule has 2 aromatic carbocycles. The Bertz CT molecular complexity index is 669. The maximum absolute atomic E-state index is 12.5. The molecule has 0 heterocycles. The molecule has 0 saturated carbocycles. The highest BCUT2D eigenvalue weighted by molar-refractivity contribution is 6.28. The van der Waals surface area contributed by atoms with Crippen LogP contribution in [0.3, 0.4) is 0 Å². The third kappa shape index (κ3) is 3.31. The molecule has 0 aliphatic carbocycles. The van der Waals surface area contributed by atoms with Gasteiger partial charge in [-0.1, -0.05) is 18.7 Å². The molecule has 0 aliphatic heterocycles. The van der Waals surface area contributed by atoms with E-state index in [-0.39, 0.29) is 5.78 Å². The molecule has 0 saturated heterocycles. The van der Waals surface area contributed by atoms with Gasteiger partial charge >= 0.3 is 0 Å². The van der Waals surface area contributed by atoms with E-state index in [1.54, 1.807) is 20.3 Å². The molecule has 0 atom stereocenters. The maximum atomic E-state index is 12.5. The number of aryl methyl sites for hydroxylation is 1. The molecule has 3 heteroatoms. The average Bonchev–Trinajstić information content (AvgIpc) is 2.52. The number of hydrogen-bond acceptors (Lipinski definition) is 3. The first-order valence-corrected chi connectivity index (χ1v) is 6.59. The second-order valence-corrected chi connectivity index (χ2v) is 4.78. The molecule has 0 bridgehead atoms. The van der Waals surface area contributed by atoms with Crippen LogP contribution >= 0.6 is 0 Å². The van der Waals surface area contributed by atoms with E-state index in [1.807, 2.05) is 43.3 Å². The van der Waals surface area contributed by atoms with Gasteiger partial charge in [-0.3, -0.25) is 4.79 Å². The monoisotopic (exact) mass is 282 g/mol. The van der Waals surface area contributed by atoms with Crippen molar-refractivity contribution in [2.45, 2.75) is 6.92 Å². The van der Waals surface area contributed by atoms with E-state index in [0.717, 1.165) is 16.9 Å². The summed E-state index contributed by atoms with van der Waals surface area (Å²) in [6.07, 6.45) is 0. The number of benzene rings is 2. The Labute approximate surface area is 124 Å². The molecular weight excluding hydrogens is 264 g/mol. The molecule has 0 spiro atoms. The molecule has 2 aromatic rings. The standard InChI is InChI=1S/C18H18O3/c1-12-9-15(11-17(10-12)21-4)18(19)13(2)14-5-7-16(20-3)8-6-14/h5-11H,2H2,1,3-4H3. The summed E-state index contributed by atoms with van der Waals surface area (Å²) in [7, 11) is 3.19. The van der Waals surface area contributed by atoms with Gasteiger partial charge in [0.05, 0.1) is 14.2 Å². The zero-order chi connectivity index (χ0) is 15.4.